The van der Waals surface area contributed by atoms with Gasteiger partial charge >= 0.3 is 0 Å². The zero-order valence-corrected chi connectivity index (χ0v) is 18.9. The molecule has 9 N–H and O–H groups in total. The summed E-state index contributed by atoms with van der Waals surface area (Å²) < 4.78 is 16.7. The number of amides is 2. The third-order valence-corrected chi connectivity index (χ3v) is 5.73. The largest absolute Gasteiger partial charge is 0.394 e. The van der Waals surface area contributed by atoms with Crippen LogP contribution in [-0.4, -0.2) is 132 Å². The number of rotatable bonds is 11. The van der Waals surface area contributed by atoms with E-state index in [0.717, 1.165) is 11.0 Å². The Morgan fingerprint density at radius 2 is 1.72 bits per heavy atom. The molecule has 1 aromatic rings. The average Bonchev–Trinajstić information content (AvgIpc) is 3.44. The first-order chi connectivity index (χ1) is 17.0. The number of ketones is 1. The number of nitrogens with one attached hydrogen (secondary N) is 1. The fourth-order valence-corrected chi connectivity index (χ4v) is 3.72. The molecule has 9 atom stereocenters. The van der Waals surface area contributed by atoms with Crippen molar-refractivity contribution in [2.45, 2.75) is 68.0 Å². The predicted molar refractivity (Wildman–Crippen MR) is 111 cm³/mol. The van der Waals surface area contributed by atoms with Crippen molar-refractivity contribution in [3.63, 3.8) is 0 Å². The van der Waals surface area contributed by atoms with Crippen molar-refractivity contribution in [3.8, 4) is 0 Å². The maximum Gasteiger partial charge on any atom is 0.288 e. The molecule has 0 radical (unpaired) electrons. The number of hydrogen-bond acceptors (Lipinski definition) is 14. The van der Waals surface area contributed by atoms with Crippen molar-refractivity contribution in [1.82, 2.24) is 20.1 Å². The number of aromatic nitrogens is 3. The van der Waals surface area contributed by atoms with Crippen LogP contribution < -0.4 is 11.1 Å². The number of primary amides is 1. The van der Waals surface area contributed by atoms with Crippen LogP contribution in [0.5, 0.6) is 0 Å². The summed E-state index contributed by atoms with van der Waals surface area (Å²) in [5.74, 6) is -2.40. The van der Waals surface area contributed by atoms with E-state index >= 15 is 0 Å². The molecule has 0 saturated carbocycles. The molecule has 6 unspecified atom stereocenters. The van der Waals surface area contributed by atoms with E-state index in [0.29, 0.717) is 0 Å². The van der Waals surface area contributed by atoms with Gasteiger partial charge in [0.1, 0.15) is 55.6 Å². The van der Waals surface area contributed by atoms with Crippen LogP contribution in [0.1, 0.15) is 29.7 Å². The molecule has 2 fully saturated rings. The number of hydrogen-bond donors (Lipinski definition) is 8. The molecule has 0 bridgehead atoms. The molecule has 2 aliphatic rings. The standard InChI is InChI=1S/C19H29N5O12/c20-16(32)17-21-6-24(23-17)18-15(31)13(29)9(35-18)5-34-4-7(26)1-2-10(27)22-11-14(30)12(28)8(3-25)36-19(11)33/h6,8-9,11-15,18-19,25,28-31,33H,1-5H2,(H2,20,32)(H,22,27)/t8?,9?,11?,12?,13-,14?,15-,18?,19+/m1/s1. The van der Waals surface area contributed by atoms with E-state index in [1.165, 1.54) is 0 Å². The van der Waals surface area contributed by atoms with Crippen LogP contribution in [0.3, 0.4) is 0 Å². The van der Waals surface area contributed by atoms with E-state index in [-0.39, 0.29) is 25.3 Å². The molecule has 202 valence electrons. The van der Waals surface area contributed by atoms with Crippen molar-refractivity contribution in [2.24, 2.45) is 5.73 Å². The van der Waals surface area contributed by atoms with Gasteiger partial charge in [-0.1, -0.05) is 0 Å². The van der Waals surface area contributed by atoms with Crippen LogP contribution >= 0.6 is 0 Å². The smallest absolute Gasteiger partial charge is 0.288 e. The summed E-state index contributed by atoms with van der Waals surface area (Å²) in [6, 6.07) is -1.37. The number of carbonyl (C=O) groups is 3. The summed E-state index contributed by atoms with van der Waals surface area (Å²) in [4.78, 5) is 38.9. The topological polar surface area (TPSA) is 269 Å². The lowest BCUT2D eigenvalue weighted by Crippen LogP contribution is -2.64. The monoisotopic (exact) mass is 519 g/mol. The number of ether oxygens (including phenoxy) is 3. The fourth-order valence-electron chi connectivity index (χ4n) is 3.72. The molecule has 0 aromatic carbocycles. The van der Waals surface area contributed by atoms with Crippen LogP contribution in [0, 0.1) is 0 Å². The van der Waals surface area contributed by atoms with Crippen LogP contribution in [0.25, 0.3) is 0 Å². The van der Waals surface area contributed by atoms with Crippen molar-refractivity contribution < 1.29 is 59.2 Å². The summed E-state index contributed by atoms with van der Waals surface area (Å²) in [6.45, 7) is -1.38. The molecule has 2 saturated heterocycles. The van der Waals surface area contributed by atoms with Crippen molar-refractivity contribution in [1.29, 1.82) is 0 Å². The van der Waals surface area contributed by atoms with Gasteiger partial charge in [0, 0.05) is 12.8 Å². The second-order valence-electron chi connectivity index (χ2n) is 8.33. The molecular formula is C19H29N5O12. The van der Waals surface area contributed by atoms with Crippen molar-refractivity contribution >= 4 is 17.6 Å². The number of aliphatic hydroxyl groups excluding tert-OH is 6. The molecule has 3 heterocycles. The number of Topliss-reactive ketones (excluding diaryl/α,β-unsaturated/α-hetero) is 1. The molecular weight excluding hydrogens is 490 g/mol. The Balaban J connectivity index is 1.39. The zero-order chi connectivity index (χ0) is 26.6. The van der Waals surface area contributed by atoms with E-state index < -0.39 is 86.0 Å². The normalized spacial score (nSPS) is 34.4. The molecule has 2 amide bonds. The van der Waals surface area contributed by atoms with Gasteiger partial charge in [-0.05, 0) is 0 Å². The van der Waals surface area contributed by atoms with Gasteiger partial charge in [-0.25, -0.2) is 9.67 Å². The highest BCUT2D eigenvalue weighted by atomic mass is 16.6. The van der Waals surface area contributed by atoms with E-state index in [1.807, 2.05) is 0 Å². The van der Waals surface area contributed by atoms with Gasteiger partial charge in [0.05, 0.1) is 13.2 Å². The van der Waals surface area contributed by atoms with Gasteiger partial charge in [0.2, 0.25) is 11.7 Å². The van der Waals surface area contributed by atoms with Gasteiger partial charge in [0.15, 0.2) is 18.3 Å². The highest BCUT2D eigenvalue weighted by Gasteiger charge is 2.45. The molecule has 1 aromatic heterocycles. The lowest BCUT2D eigenvalue weighted by atomic mass is 9.97. The quantitative estimate of drug-likeness (QED) is 0.135. The van der Waals surface area contributed by atoms with E-state index in [1.54, 1.807) is 0 Å². The second-order valence-corrected chi connectivity index (χ2v) is 8.33. The van der Waals surface area contributed by atoms with Crippen molar-refractivity contribution in [2.75, 3.05) is 19.8 Å². The molecule has 17 heteroatoms. The van der Waals surface area contributed by atoms with Crippen molar-refractivity contribution in [3.05, 3.63) is 12.2 Å². The Bertz CT molecular complexity index is 930. The van der Waals surface area contributed by atoms with Gasteiger partial charge in [-0.3, -0.25) is 14.4 Å². The van der Waals surface area contributed by atoms with Gasteiger partial charge in [-0.15, -0.1) is 5.10 Å². The molecule has 0 spiro atoms. The third kappa shape index (κ3) is 6.38. The Morgan fingerprint density at radius 3 is 2.36 bits per heavy atom. The first-order valence-electron chi connectivity index (χ1n) is 10.9. The van der Waals surface area contributed by atoms with E-state index in [9.17, 15) is 39.9 Å². The average molecular weight is 519 g/mol. The van der Waals surface area contributed by atoms with Gasteiger partial charge < -0.3 is 55.9 Å². The summed E-state index contributed by atoms with van der Waals surface area (Å²) in [6.07, 6.45) is -10.6. The molecule has 2 aliphatic heterocycles. The lowest BCUT2D eigenvalue weighted by Gasteiger charge is -2.40. The fraction of sp³-hybridized carbons (Fsp3) is 0.737. The minimum Gasteiger partial charge on any atom is -0.394 e. The maximum atomic E-state index is 12.1. The molecule has 3 rings (SSSR count). The summed E-state index contributed by atoms with van der Waals surface area (Å²) >= 11 is 0. The Kier molecular flexibility index (Phi) is 9.39. The highest BCUT2D eigenvalue weighted by molar-refractivity contribution is 5.88. The van der Waals surface area contributed by atoms with Gasteiger partial charge in [-0.2, -0.15) is 0 Å². The second kappa shape index (κ2) is 12.1. The number of aliphatic hydroxyl groups is 6. The molecule has 17 nitrogen and oxygen atoms in total. The number of carbonyl (C=O) groups excluding carboxylic acids is 3. The van der Waals surface area contributed by atoms with Gasteiger partial charge in [0.25, 0.3) is 5.91 Å². The molecule has 0 aliphatic carbocycles. The Labute approximate surface area is 203 Å². The van der Waals surface area contributed by atoms with Crippen LogP contribution in [0.2, 0.25) is 0 Å². The lowest BCUT2D eigenvalue weighted by molar-refractivity contribution is -0.253. The summed E-state index contributed by atoms with van der Waals surface area (Å²) in [7, 11) is 0. The van der Waals surface area contributed by atoms with Crippen LogP contribution in [0.4, 0.5) is 0 Å². The SMILES string of the molecule is NC(=O)c1ncn(C2OC(COCC(=O)CCC(=O)NC3C(O)C(O)C(CO)O[C@@H]3O)[C@@H](O)[C@H]2O)n1. The Morgan fingerprint density at radius 1 is 1.03 bits per heavy atom. The molecule has 36 heavy (non-hydrogen) atoms. The first-order valence-corrected chi connectivity index (χ1v) is 10.9. The summed E-state index contributed by atoms with van der Waals surface area (Å²) in [5, 5.41) is 65.2. The number of nitrogens with zero attached hydrogens (tertiary/aromatic N) is 3. The highest BCUT2D eigenvalue weighted by Crippen LogP contribution is 2.29. The number of nitrogens with two attached hydrogens (primary N) is 1. The first kappa shape index (κ1) is 28.0. The van der Waals surface area contributed by atoms with Crippen LogP contribution in [0.15, 0.2) is 6.33 Å². The Hall–Kier alpha value is -2.61. The third-order valence-electron chi connectivity index (χ3n) is 5.73. The maximum absolute atomic E-state index is 12.1. The summed E-state index contributed by atoms with van der Waals surface area (Å²) in [5.41, 5.74) is 5.07. The minimum absolute atomic E-state index is 0.262. The minimum atomic E-state index is -1.68. The predicted octanol–water partition coefficient (Wildman–Crippen LogP) is -5.72. The van der Waals surface area contributed by atoms with E-state index in [2.05, 4.69) is 15.4 Å². The van der Waals surface area contributed by atoms with Crippen LogP contribution in [-0.2, 0) is 23.8 Å². The van der Waals surface area contributed by atoms with E-state index in [4.69, 9.17) is 25.1 Å². The zero-order valence-electron chi connectivity index (χ0n) is 18.9.